The molecule has 0 bridgehead atoms. The molecule has 0 fully saturated rings. The number of fused-ring (bicyclic) bond motifs is 1. The van der Waals surface area contributed by atoms with Gasteiger partial charge in [0, 0.05) is 43.1 Å². The number of carboxylic acids is 1. The highest BCUT2D eigenvalue weighted by Gasteiger charge is 2.31. The number of pyridine rings is 1. The number of benzene rings is 2. The molecule has 0 saturated carbocycles. The highest BCUT2D eigenvalue weighted by molar-refractivity contribution is 5.96. The second-order valence-corrected chi connectivity index (χ2v) is 8.69. The number of aromatic hydroxyl groups is 1. The number of nitrogens with zero attached hydrogens (tertiary/aromatic N) is 2. The first-order valence-electron chi connectivity index (χ1n) is 11.7. The normalized spacial score (nSPS) is 14.9. The Morgan fingerprint density at radius 1 is 1.06 bits per heavy atom. The molecule has 186 valence electrons. The fraction of sp³-hybridized carbons (Fsp3) is 0.259. The summed E-state index contributed by atoms with van der Waals surface area (Å²) < 4.78 is 0. The first-order chi connectivity index (χ1) is 17.4. The van der Waals surface area contributed by atoms with E-state index in [1.807, 2.05) is 30.3 Å². The molecule has 2 heterocycles. The van der Waals surface area contributed by atoms with Crippen LogP contribution in [-0.2, 0) is 29.0 Å². The van der Waals surface area contributed by atoms with E-state index in [-0.39, 0.29) is 24.1 Å². The van der Waals surface area contributed by atoms with Crippen molar-refractivity contribution in [3.63, 3.8) is 0 Å². The molecule has 1 aliphatic rings. The summed E-state index contributed by atoms with van der Waals surface area (Å²) in [6.45, 7) is 1.13. The quantitative estimate of drug-likeness (QED) is 0.364. The maximum absolute atomic E-state index is 13.2. The second kappa shape index (κ2) is 11.4. The Morgan fingerprint density at radius 3 is 2.61 bits per heavy atom. The zero-order valence-corrected chi connectivity index (χ0v) is 19.7. The maximum Gasteiger partial charge on any atom is 0.305 e. The van der Waals surface area contributed by atoms with Crippen molar-refractivity contribution in [1.82, 2.24) is 15.2 Å². The Balaban J connectivity index is 1.47. The molecule has 0 unspecified atom stereocenters. The zero-order chi connectivity index (χ0) is 25.5. The third kappa shape index (κ3) is 6.38. The van der Waals surface area contributed by atoms with Crippen LogP contribution >= 0.6 is 0 Å². The summed E-state index contributed by atoms with van der Waals surface area (Å²) in [5.74, 6) is -1.72. The summed E-state index contributed by atoms with van der Waals surface area (Å²) in [6, 6.07) is 17.3. The average Bonchev–Trinajstić information content (AvgIpc) is 2.99. The molecule has 1 aromatic heterocycles. The van der Waals surface area contributed by atoms with Crippen LogP contribution in [-0.4, -0.2) is 57.0 Å². The predicted octanol–water partition coefficient (Wildman–Crippen LogP) is 2.60. The van der Waals surface area contributed by atoms with E-state index in [4.69, 9.17) is 0 Å². The fourth-order valence-electron chi connectivity index (χ4n) is 4.19. The van der Waals surface area contributed by atoms with Crippen LogP contribution < -0.4 is 10.6 Å². The van der Waals surface area contributed by atoms with Crippen molar-refractivity contribution in [2.45, 2.75) is 31.8 Å². The van der Waals surface area contributed by atoms with Crippen LogP contribution in [0.5, 0.6) is 5.88 Å². The van der Waals surface area contributed by atoms with E-state index in [1.165, 1.54) is 6.20 Å². The molecule has 2 aromatic carbocycles. The first-order valence-corrected chi connectivity index (χ1v) is 11.7. The van der Waals surface area contributed by atoms with Crippen LogP contribution in [0.3, 0.4) is 0 Å². The summed E-state index contributed by atoms with van der Waals surface area (Å²) in [6.07, 6.45) is 2.31. The molecule has 9 heteroatoms. The number of hydrogen-bond acceptors (Lipinski definition) is 6. The van der Waals surface area contributed by atoms with Crippen LogP contribution in [0.2, 0.25) is 0 Å². The van der Waals surface area contributed by atoms with Gasteiger partial charge in [-0.3, -0.25) is 14.4 Å². The van der Waals surface area contributed by atoms with Gasteiger partial charge in [0.25, 0.3) is 5.91 Å². The molecule has 1 atom stereocenters. The van der Waals surface area contributed by atoms with E-state index in [1.54, 1.807) is 35.2 Å². The summed E-state index contributed by atoms with van der Waals surface area (Å²) in [5.41, 5.74) is 3.72. The Labute approximate surface area is 208 Å². The molecule has 4 rings (SSSR count). The average molecular weight is 489 g/mol. The second-order valence-electron chi connectivity index (χ2n) is 8.69. The molecule has 1 aliphatic heterocycles. The van der Waals surface area contributed by atoms with Crippen LogP contribution in [0, 0.1) is 0 Å². The van der Waals surface area contributed by atoms with Gasteiger partial charge in [-0.25, -0.2) is 4.98 Å². The Morgan fingerprint density at radius 2 is 1.86 bits per heavy atom. The summed E-state index contributed by atoms with van der Waals surface area (Å²) in [4.78, 5) is 42.8. The van der Waals surface area contributed by atoms with E-state index in [0.29, 0.717) is 43.7 Å². The highest BCUT2D eigenvalue weighted by Crippen LogP contribution is 2.26. The van der Waals surface area contributed by atoms with E-state index in [2.05, 4.69) is 15.6 Å². The smallest absolute Gasteiger partial charge is 0.305 e. The number of aliphatic carboxylic acids is 1. The van der Waals surface area contributed by atoms with E-state index < -0.39 is 12.0 Å². The molecule has 0 saturated heterocycles. The van der Waals surface area contributed by atoms with E-state index >= 15 is 0 Å². The van der Waals surface area contributed by atoms with Crippen LogP contribution in [0.4, 0.5) is 5.69 Å². The molecule has 3 aromatic rings. The molecular formula is C27H28N4O5. The van der Waals surface area contributed by atoms with Gasteiger partial charge in [-0.05, 0) is 47.7 Å². The van der Waals surface area contributed by atoms with Crippen molar-refractivity contribution in [2.75, 3.05) is 18.4 Å². The lowest BCUT2D eigenvalue weighted by Crippen LogP contribution is -2.42. The largest absolute Gasteiger partial charge is 0.493 e. The van der Waals surface area contributed by atoms with Gasteiger partial charge in [-0.1, -0.05) is 36.4 Å². The van der Waals surface area contributed by atoms with Crippen LogP contribution in [0.1, 0.15) is 33.5 Å². The molecular weight excluding hydrogens is 460 g/mol. The van der Waals surface area contributed by atoms with Crippen molar-refractivity contribution in [1.29, 1.82) is 0 Å². The maximum atomic E-state index is 13.2. The van der Waals surface area contributed by atoms with Crippen LogP contribution in [0.15, 0.2) is 66.9 Å². The monoisotopic (exact) mass is 488 g/mol. The van der Waals surface area contributed by atoms with Gasteiger partial charge in [0.1, 0.15) is 6.04 Å². The minimum atomic E-state index is -1.08. The number of anilines is 1. The van der Waals surface area contributed by atoms with Crippen molar-refractivity contribution >= 4 is 23.5 Å². The Kier molecular flexibility index (Phi) is 7.79. The Bertz CT molecular complexity index is 1250. The Hall–Kier alpha value is -4.40. The van der Waals surface area contributed by atoms with Gasteiger partial charge in [-0.15, -0.1) is 0 Å². The van der Waals surface area contributed by atoms with E-state index in [0.717, 1.165) is 16.7 Å². The predicted molar refractivity (Wildman–Crippen MR) is 134 cm³/mol. The third-order valence-corrected chi connectivity index (χ3v) is 6.07. The van der Waals surface area contributed by atoms with Gasteiger partial charge in [0.05, 0.1) is 6.42 Å². The fourth-order valence-corrected chi connectivity index (χ4v) is 4.19. The molecule has 0 aliphatic carbocycles. The summed E-state index contributed by atoms with van der Waals surface area (Å²) in [7, 11) is 0. The highest BCUT2D eigenvalue weighted by atomic mass is 16.4. The van der Waals surface area contributed by atoms with Crippen molar-refractivity contribution in [3.05, 3.63) is 89.1 Å². The number of carboxylic acid groups (broad SMARTS) is 1. The van der Waals surface area contributed by atoms with Crippen LogP contribution in [0.25, 0.3) is 0 Å². The molecule has 9 nitrogen and oxygen atoms in total. The standard InChI is InChI=1S/C27H28N4O5/c32-24-14-19(8-11-28-24)9-12-29-26(35)20-6-7-21-17-31(13-10-18-4-2-1-3-5-18)27(36)23(16-25(33)34)30-22(21)15-20/h1-8,11,14-15,23,30H,9-10,12-13,16-17H2,(H,28,32)(H,29,35)(H,33,34)/t23-/m1/s1. The molecule has 36 heavy (non-hydrogen) atoms. The van der Waals surface area contributed by atoms with Gasteiger partial charge < -0.3 is 25.7 Å². The molecule has 0 radical (unpaired) electrons. The lowest BCUT2D eigenvalue weighted by molar-refractivity contribution is -0.141. The van der Waals surface area contributed by atoms with Crippen molar-refractivity contribution in [3.8, 4) is 5.88 Å². The topological polar surface area (TPSA) is 132 Å². The number of carbonyl (C=O) groups is 3. The summed E-state index contributed by atoms with van der Waals surface area (Å²) in [5, 5.41) is 24.8. The number of hydrogen-bond donors (Lipinski definition) is 4. The molecule has 2 amide bonds. The molecule has 0 spiro atoms. The summed E-state index contributed by atoms with van der Waals surface area (Å²) >= 11 is 0. The van der Waals surface area contributed by atoms with Gasteiger partial charge in [0.15, 0.2) is 0 Å². The number of rotatable bonds is 9. The van der Waals surface area contributed by atoms with Gasteiger partial charge in [-0.2, -0.15) is 0 Å². The number of nitrogens with one attached hydrogen (secondary N) is 2. The van der Waals surface area contributed by atoms with Crippen molar-refractivity contribution in [2.24, 2.45) is 0 Å². The minimum Gasteiger partial charge on any atom is -0.493 e. The SMILES string of the molecule is O=C(O)C[C@H]1Nc2cc(C(=O)NCCc3ccnc(O)c3)ccc2CN(CCc2ccccc2)C1=O. The first kappa shape index (κ1) is 24.7. The van der Waals surface area contributed by atoms with Gasteiger partial charge >= 0.3 is 5.97 Å². The zero-order valence-electron chi connectivity index (χ0n) is 19.7. The number of amides is 2. The van der Waals surface area contributed by atoms with Gasteiger partial charge in [0.2, 0.25) is 11.8 Å². The van der Waals surface area contributed by atoms with E-state index in [9.17, 15) is 24.6 Å². The number of carbonyl (C=O) groups excluding carboxylic acids is 2. The number of aromatic nitrogens is 1. The molecule has 4 N–H and O–H groups in total. The minimum absolute atomic E-state index is 0.0704. The third-order valence-electron chi connectivity index (χ3n) is 6.07. The lowest BCUT2D eigenvalue weighted by atomic mass is 10.1. The lowest BCUT2D eigenvalue weighted by Gasteiger charge is -2.24. The van der Waals surface area contributed by atoms with Crippen molar-refractivity contribution < 1.29 is 24.6 Å².